The van der Waals surface area contributed by atoms with Crippen molar-refractivity contribution in [1.29, 1.82) is 0 Å². The first-order chi connectivity index (χ1) is 7.70. The number of hydrogen-bond donors (Lipinski definition) is 1. The molecule has 1 aromatic rings. The third kappa shape index (κ3) is 10.6. The number of hydrogen-bond acceptors (Lipinski definition) is 1. The van der Waals surface area contributed by atoms with Crippen molar-refractivity contribution in [3.8, 4) is 5.75 Å². The number of phenolic OH excluding ortho intramolecular Hbond substituents is 1. The van der Waals surface area contributed by atoms with Crippen molar-refractivity contribution in [2.24, 2.45) is 0 Å². The molecule has 0 bridgehead atoms. The molecule has 85 valence electrons. The van der Waals surface area contributed by atoms with Gasteiger partial charge in [0.1, 0.15) is 5.75 Å². The molecule has 0 aromatic heterocycles. The summed E-state index contributed by atoms with van der Waals surface area (Å²) in [6.07, 6.45) is 10.0. The summed E-state index contributed by atoms with van der Waals surface area (Å²) >= 11 is 4.94. The average Bonchev–Trinajstić information content (AvgIpc) is 2.82. The van der Waals surface area contributed by atoms with Crippen LogP contribution in [0.3, 0.4) is 0 Å². The van der Waals surface area contributed by atoms with Crippen LogP contribution >= 0.6 is 30.2 Å². The second-order valence-corrected chi connectivity index (χ2v) is 5.53. The summed E-state index contributed by atoms with van der Waals surface area (Å²) in [7, 11) is 9.78. The number of aromatic hydroxyl groups is 1. The molecule has 16 heavy (non-hydrogen) atoms. The first-order valence-corrected chi connectivity index (χ1v) is 8.95. The van der Waals surface area contributed by atoms with Gasteiger partial charge in [0, 0.05) is 11.4 Å². The normalized spacial score (nSPS) is 10.9. The van der Waals surface area contributed by atoms with E-state index in [-0.39, 0.29) is 5.75 Å². The van der Waals surface area contributed by atoms with Crippen molar-refractivity contribution < 1.29 is 22.1 Å². The summed E-state index contributed by atoms with van der Waals surface area (Å²) in [5.74, 6) is 0.245. The van der Waals surface area contributed by atoms with Crippen molar-refractivity contribution in [2.75, 3.05) is 0 Å². The van der Waals surface area contributed by atoms with Crippen LogP contribution in [0.15, 0.2) is 48.6 Å². The van der Waals surface area contributed by atoms with E-state index in [0.29, 0.717) is 5.02 Å². The van der Waals surface area contributed by atoms with E-state index in [1.807, 2.05) is 30.7 Å². The quantitative estimate of drug-likeness (QED) is 0.686. The van der Waals surface area contributed by atoms with Gasteiger partial charge in [-0.25, -0.2) is 0 Å². The van der Waals surface area contributed by atoms with E-state index in [4.69, 9.17) is 35.3 Å². The Hall–Kier alpha value is 0.0843. The molecule has 0 heterocycles. The summed E-state index contributed by atoms with van der Waals surface area (Å²) in [5, 5.41) is 9.34. The number of allylic oxidation sites excluding steroid dienone is 4. The SMILES string of the molecule is Oc1ccc(Cl)cc1.[CH]1C=CC=C1.[Cl][Ti][Cl]. The molecule has 1 radical (unpaired) electrons. The van der Waals surface area contributed by atoms with Gasteiger partial charge in [-0.05, 0) is 24.3 Å². The Labute approximate surface area is 117 Å². The van der Waals surface area contributed by atoms with E-state index in [1.54, 1.807) is 24.3 Å². The van der Waals surface area contributed by atoms with Gasteiger partial charge in [0.25, 0.3) is 0 Å². The summed E-state index contributed by atoms with van der Waals surface area (Å²) in [6, 6.07) is 6.36. The van der Waals surface area contributed by atoms with E-state index >= 15 is 0 Å². The Morgan fingerprint density at radius 3 is 1.56 bits per heavy atom. The van der Waals surface area contributed by atoms with Crippen molar-refractivity contribution in [3.63, 3.8) is 0 Å². The Balaban J connectivity index is 0.000000241. The molecule has 1 N–H and O–H groups in total. The van der Waals surface area contributed by atoms with Gasteiger partial charge < -0.3 is 5.11 Å². The van der Waals surface area contributed by atoms with Crippen molar-refractivity contribution >= 4 is 30.2 Å². The fraction of sp³-hybridized carbons (Fsp3) is 0. The molecule has 2 rings (SSSR count). The van der Waals surface area contributed by atoms with Crippen LogP contribution in [0.2, 0.25) is 5.02 Å². The van der Waals surface area contributed by atoms with E-state index in [9.17, 15) is 0 Å². The second-order valence-electron chi connectivity index (χ2n) is 2.51. The minimum absolute atomic E-state index is 0.245. The molecule has 5 heteroatoms. The van der Waals surface area contributed by atoms with Crippen LogP contribution < -0.4 is 0 Å². The van der Waals surface area contributed by atoms with Crippen LogP contribution in [0, 0.1) is 6.42 Å². The molecule has 1 aliphatic rings. The second kappa shape index (κ2) is 11.6. The Bertz CT molecular complexity index is 292. The predicted molar refractivity (Wildman–Crippen MR) is 67.4 cm³/mol. The van der Waals surface area contributed by atoms with Gasteiger partial charge in [-0.1, -0.05) is 35.9 Å². The fourth-order valence-electron chi connectivity index (χ4n) is 0.762. The maximum absolute atomic E-state index is 8.70. The van der Waals surface area contributed by atoms with Crippen LogP contribution in [-0.2, 0) is 17.0 Å². The van der Waals surface area contributed by atoms with Crippen molar-refractivity contribution in [2.45, 2.75) is 0 Å². The minimum atomic E-state index is -0.556. The van der Waals surface area contributed by atoms with Crippen LogP contribution in [0.25, 0.3) is 0 Å². The standard InChI is InChI=1S/C6H5ClO.C5H5.2ClH.Ti/c7-5-1-3-6(8)4-2-5;1-2-4-5-3-1;;;/h1-4,8H;1-5H;2*1H;/q;;;;+2/p-2. The van der Waals surface area contributed by atoms with Gasteiger partial charge in [0.05, 0.1) is 0 Å². The summed E-state index contributed by atoms with van der Waals surface area (Å²) < 4.78 is 0. The molecule has 1 nitrogen and oxygen atoms in total. The maximum atomic E-state index is 8.70. The first kappa shape index (κ1) is 16.1. The summed E-state index contributed by atoms with van der Waals surface area (Å²) in [6.45, 7) is 0. The zero-order valence-corrected chi connectivity index (χ0v) is 12.1. The van der Waals surface area contributed by atoms with Crippen LogP contribution in [0.4, 0.5) is 0 Å². The van der Waals surface area contributed by atoms with Crippen LogP contribution in [-0.4, -0.2) is 5.11 Å². The van der Waals surface area contributed by atoms with Crippen LogP contribution in [0.1, 0.15) is 0 Å². The molecular weight excluding hydrogens is 302 g/mol. The predicted octanol–water partition coefficient (Wildman–Crippen LogP) is 4.74. The number of rotatable bonds is 0. The Morgan fingerprint density at radius 2 is 1.31 bits per heavy atom. The van der Waals surface area contributed by atoms with Gasteiger partial charge in [-0.2, -0.15) is 0 Å². The number of benzene rings is 1. The fourth-order valence-corrected chi connectivity index (χ4v) is 0.888. The van der Waals surface area contributed by atoms with E-state index in [2.05, 4.69) is 0 Å². The third-order valence-corrected chi connectivity index (χ3v) is 1.63. The summed E-state index contributed by atoms with van der Waals surface area (Å²) in [5.41, 5.74) is 0. The zero-order valence-electron chi connectivity index (χ0n) is 8.28. The molecule has 1 aliphatic carbocycles. The molecule has 0 amide bonds. The van der Waals surface area contributed by atoms with Gasteiger partial charge in [0.2, 0.25) is 0 Å². The Morgan fingerprint density at radius 1 is 0.875 bits per heavy atom. The molecule has 0 aliphatic heterocycles. The molecular formula is C11H10Cl3OTi. The van der Waals surface area contributed by atoms with Crippen LogP contribution in [0.5, 0.6) is 5.75 Å². The summed E-state index contributed by atoms with van der Waals surface area (Å²) in [4.78, 5) is 0. The topological polar surface area (TPSA) is 20.2 Å². The molecule has 0 saturated carbocycles. The number of phenols is 1. The van der Waals surface area contributed by atoms with Gasteiger partial charge >= 0.3 is 35.6 Å². The van der Waals surface area contributed by atoms with Crippen molar-refractivity contribution in [3.05, 3.63) is 60.0 Å². The first-order valence-electron chi connectivity index (χ1n) is 4.28. The molecule has 0 unspecified atom stereocenters. The Kier molecular flexibility index (Phi) is 11.6. The van der Waals surface area contributed by atoms with Gasteiger partial charge in [-0.3, -0.25) is 0 Å². The molecule has 0 saturated heterocycles. The zero-order chi connectivity index (χ0) is 12.2. The molecule has 0 atom stereocenters. The van der Waals surface area contributed by atoms with E-state index < -0.39 is 17.0 Å². The molecule has 0 spiro atoms. The number of halogens is 3. The monoisotopic (exact) mass is 311 g/mol. The van der Waals surface area contributed by atoms with E-state index in [0.717, 1.165) is 0 Å². The third-order valence-electron chi connectivity index (χ3n) is 1.38. The molecule has 1 aromatic carbocycles. The van der Waals surface area contributed by atoms with Gasteiger partial charge in [-0.15, -0.1) is 0 Å². The van der Waals surface area contributed by atoms with E-state index in [1.165, 1.54) is 0 Å². The average molecular weight is 312 g/mol. The van der Waals surface area contributed by atoms with Crippen molar-refractivity contribution in [1.82, 2.24) is 0 Å². The van der Waals surface area contributed by atoms with Gasteiger partial charge in [0.15, 0.2) is 0 Å². The molecule has 0 fully saturated rings.